The molecule has 0 aliphatic heterocycles. The Hall–Kier alpha value is -0.410. The summed E-state index contributed by atoms with van der Waals surface area (Å²) in [5.74, 6) is 0. The summed E-state index contributed by atoms with van der Waals surface area (Å²) in [7, 11) is 0. The van der Waals surface area contributed by atoms with Crippen LogP contribution < -0.4 is 5.32 Å². The first-order valence-electron chi connectivity index (χ1n) is 6.96. The molecular formula is C14H22N2S. The highest BCUT2D eigenvalue weighted by molar-refractivity contribution is 7.12. The van der Waals surface area contributed by atoms with E-state index in [9.17, 15) is 0 Å². The van der Waals surface area contributed by atoms with Crippen LogP contribution in [0.25, 0.3) is 0 Å². The van der Waals surface area contributed by atoms with Crippen LogP contribution in [0.3, 0.4) is 0 Å². The molecule has 1 atom stereocenters. The van der Waals surface area contributed by atoms with E-state index in [2.05, 4.69) is 19.2 Å². The molecule has 94 valence electrons. The number of nitrogens with zero attached hydrogens (tertiary/aromatic N) is 1. The van der Waals surface area contributed by atoms with Gasteiger partial charge in [-0.1, -0.05) is 13.8 Å². The highest BCUT2D eigenvalue weighted by atomic mass is 32.1. The van der Waals surface area contributed by atoms with Crippen LogP contribution in [0, 0.1) is 0 Å². The van der Waals surface area contributed by atoms with Crippen molar-refractivity contribution >= 4 is 11.3 Å². The van der Waals surface area contributed by atoms with E-state index in [0.29, 0.717) is 11.5 Å². The van der Waals surface area contributed by atoms with E-state index in [1.807, 2.05) is 11.3 Å². The van der Waals surface area contributed by atoms with Crippen LogP contribution in [-0.2, 0) is 11.8 Å². The highest BCUT2D eigenvalue weighted by Gasteiger charge is 2.43. The second kappa shape index (κ2) is 4.36. The standard InChI is InChI=1S/C14H22N2S/c1-3-9-15-10-5-4-6-11-12(10)16-13(17-11)14(2)7-8-14/h10,15H,3-9H2,1-2H3. The molecule has 1 aromatic rings. The zero-order valence-electron chi connectivity index (χ0n) is 10.9. The van der Waals surface area contributed by atoms with Gasteiger partial charge in [-0.2, -0.15) is 0 Å². The summed E-state index contributed by atoms with van der Waals surface area (Å²) in [6, 6.07) is 0.533. The molecule has 2 aliphatic carbocycles. The normalized spacial score (nSPS) is 25.6. The van der Waals surface area contributed by atoms with E-state index in [1.54, 1.807) is 4.88 Å². The lowest BCUT2D eigenvalue weighted by molar-refractivity contribution is 0.453. The van der Waals surface area contributed by atoms with Crippen LogP contribution in [0.2, 0.25) is 0 Å². The maximum atomic E-state index is 4.97. The van der Waals surface area contributed by atoms with Crippen molar-refractivity contribution in [3.05, 3.63) is 15.6 Å². The van der Waals surface area contributed by atoms with Gasteiger partial charge in [0.1, 0.15) is 0 Å². The van der Waals surface area contributed by atoms with Gasteiger partial charge < -0.3 is 5.32 Å². The molecule has 1 N–H and O–H groups in total. The van der Waals surface area contributed by atoms with E-state index in [4.69, 9.17) is 4.98 Å². The SMILES string of the molecule is CCCNC1CCCc2sc(C3(C)CC3)nc21. The lowest BCUT2D eigenvalue weighted by atomic mass is 9.97. The molecule has 1 heterocycles. The van der Waals surface area contributed by atoms with E-state index < -0.39 is 0 Å². The molecule has 0 saturated heterocycles. The van der Waals surface area contributed by atoms with E-state index in [1.165, 1.54) is 49.2 Å². The minimum absolute atomic E-state index is 0.442. The first-order chi connectivity index (χ1) is 8.23. The van der Waals surface area contributed by atoms with Gasteiger partial charge in [-0.25, -0.2) is 4.98 Å². The fourth-order valence-electron chi connectivity index (χ4n) is 2.60. The molecule has 3 rings (SSSR count). The van der Waals surface area contributed by atoms with Gasteiger partial charge >= 0.3 is 0 Å². The zero-order valence-corrected chi connectivity index (χ0v) is 11.7. The Morgan fingerprint density at radius 2 is 2.29 bits per heavy atom. The third-order valence-corrected chi connectivity index (χ3v) is 5.55. The average Bonchev–Trinajstić information content (AvgIpc) is 2.93. The molecule has 2 aliphatic rings. The van der Waals surface area contributed by atoms with Crippen LogP contribution in [0.5, 0.6) is 0 Å². The molecule has 0 bridgehead atoms. The molecule has 0 amide bonds. The minimum Gasteiger partial charge on any atom is -0.309 e. The maximum Gasteiger partial charge on any atom is 0.0990 e. The second-order valence-corrected chi connectivity index (χ2v) is 6.87. The number of rotatable bonds is 4. The number of aromatic nitrogens is 1. The Kier molecular flexibility index (Phi) is 2.99. The molecule has 0 radical (unpaired) electrons. The Balaban J connectivity index is 1.83. The van der Waals surface area contributed by atoms with Crippen LogP contribution >= 0.6 is 11.3 Å². The lowest BCUT2D eigenvalue weighted by Gasteiger charge is -2.22. The monoisotopic (exact) mass is 250 g/mol. The van der Waals surface area contributed by atoms with Gasteiger partial charge in [-0.3, -0.25) is 0 Å². The van der Waals surface area contributed by atoms with Gasteiger partial charge in [-0.15, -0.1) is 11.3 Å². The molecular weight excluding hydrogens is 228 g/mol. The highest BCUT2D eigenvalue weighted by Crippen LogP contribution is 2.50. The van der Waals surface area contributed by atoms with Crippen molar-refractivity contribution in [2.24, 2.45) is 0 Å². The van der Waals surface area contributed by atoms with Crippen molar-refractivity contribution in [2.75, 3.05) is 6.54 Å². The van der Waals surface area contributed by atoms with Crippen LogP contribution in [0.1, 0.15) is 67.6 Å². The lowest BCUT2D eigenvalue weighted by Crippen LogP contribution is -2.25. The fraction of sp³-hybridized carbons (Fsp3) is 0.786. The first kappa shape index (κ1) is 11.7. The first-order valence-corrected chi connectivity index (χ1v) is 7.78. The van der Waals surface area contributed by atoms with E-state index >= 15 is 0 Å². The maximum absolute atomic E-state index is 4.97. The Morgan fingerprint density at radius 3 is 3.00 bits per heavy atom. The minimum atomic E-state index is 0.442. The molecule has 0 spiro atoms. The Morgan fingerprint density at radius 1 is 1.47 bits per heavy atom. The number of nitrogens with one attached hydrogen (secondary N) is 1. The van der Waals surface area contributed by atoms with Gasteiger partial charge in [0.25, 0.3) is 0 Å². The quantitative estimate of drug-likeness (QED) is 0.883. The van der Waals surface area contributed by atoms with Crippen molar-refractivity contribution in [1.82, 2.24) is 10.3 Å². The molecule has 1 unspecified atom stereocenters. The largest absolute Gasteiger partial charge is 0.309 e. The molecule has 1 aromatic heterocycles. The van der Waals surface area contributed by atoms with Crippen molar-refractivity contribution in [3.8, 4) is 0 Å². The number of fused-ring (bicyclic) bond motifs is 1. The van der Waals surface area contributed by atoms with Crippen LogP contribution in [0.4, 0.5) is 0 Å². The zero-order chi connectivity index (χ0) is 11.9. The number of hydrogen-bond donors (Lipinski definition) is 1. The summed E-state index contributed by atoms with van der Waals surface area (Å²) in [5.41, 5.74) is 1.83. The van der Waals surface area contributed by atoms with Crippen LogP contribution in [-0.4, -0.2) is 11.5 Å². The number of aryl methyl sites for hydroxylation is 1. The third kappa shape index (κ3) is 2.15. The number of thiazole rings is 1. The fourth-order valence-corrected chi connectivity index (χ4v) is 3.96. The third-order valence-electron chi connectivity index (χ3n) is 4.11. The Bertz CT molecular complexity index is 406. The van der Waals surface area contributed by atoms with Crippen molar-refractivity contribution < 1.29 is 0 Å². The molecule has 3 heteroatoms. The molecule has 1 saturated carbocycles. The van der Waals surface area contributed by atoms with E-state index in [-0.39, 0.29) is 0 Å². The van der Waals surface area contributed by atoms with Gasteiger partial charge in [0.15, 0.2) is 0 Å². The van der Waals surface area contributed by atoms with Crippen molar-refractivity contribution in [3.63, 3.8) is 0 Å². The molecule has 1 fully saturated rings. The van der Waals surface area contributed by atoms with Gasteiger partial charge in [-0.05, 0) is 45.1 Å². The summed E-state index contributed by atoms with van der Waals surface area (Å²) in [4.78, 5) is 6.54. The number of hydrogen-bond acceptors (Lipinski definition) is 3. The van der Waals surface area contributed by atoms with Crippen molar-refractivity contribution in [1.29, 1.82) is 0 Å². The van der Waals surface area contributed by atoms with Crippen molar-refractivity contribution in [2.45, 2.75) is 63.8 Å². The van der Waals surface area contributed by atoms with Gasteiger partial charge in [0, 0.05) is 10.3 Å². The topological polar surface area (TPSA) is 24.9 Å². The van der Waals surface area contributed by atoms with Crippen LogP contribution in [0.15, 0.2) is 0 Å². The predicted molar refractivity (Wildman–Crippen MR) is 72.7 cm³/mol. The smallest absolute Gasteiger partial charge is 0.0990 e. The summed E-state index contributed by atoms with van der Waals surface area (Å²) < 4.78 is 0. The summed E-state index contributed by atoms with van der Waals surface area (Å²) in [6.45, 7) is 5.72. The molecule has 17 heavy (non-hydrogen) atoms. The molecule has 2 nitrogen and oxygen atoms in total. The summed E-state index contributed by atoms with van der Waals surface area (Å²) >= 11 is 1.99. The second-order valence-electron chi connectivity index (χ2n) is 5.79. The predicted octanol–water partition coefficient (Wildman–Crippen LogP) is 3.57. The summed E-state index contributed by atoms with van der Waals surface area (Å²) in [6.07, 6.45) is 7.74. The van der Waals surface area contributed by atoms with Gasteiger partial charge in [0.2, 0.25) is 0 Å². The Labute approximate surface area is 108 Å². The van der Waals surface area contributed by atoms with E-state index in [0.717, 1.165) is 6.54 Å². The molecule has 0 aromatic carbocycles. The van der Waals surface area contributed by atoms with Gasteiger partial charge in [0.05, 0.1) is 16.7 Å². The average molecular weight is 250 g/mol. The summed E-state index contributed by atoms with van der Waals surface area (Å²) in [5, 5.41) is 5.07.